The van der Waals surface area contributed by atoms with E-state index in [2.05, 4.69) is 37.6 Å². The molecule has 3 aromatic rings. The molecule has 6 nitrogen and oxygen atoms in total. The molecule has 0 saturated heterocycles. The van der Waals surface area contributed by atoms with Crippen molar-refractivity contribution in [1.29, 1.82) is 0 Å². The lowest BCUT2D eigenvalue weighted by Gasteiger charge is -2.31. The Morgan fingerprint density at radius 1 is 1.05 bits per heavy atom. The number of alkyl halides is 1. The number of benzene rings is 2. The lowest BCUT2D eigenvalue weighted by atomic mass is 9.79. The molecule has 0 spiro atoms. The van der Waals surface area contributed by atoms with Gasteiger partial charge in [0.05, 0.1) is 18.9 Å². The Balaban J connectivity index is 1.69. The number of pyridine rings is 1. The van der Waals surface area contributed by atoms with Gasteiger partial charge < -0.3 is 9.47 Å². The zero-order valence-corrected chi connectivity index (χ0v) is 25.4. The highest BCUT2D eigenvalue weighted by Gasteiger charge is 2.48. The van der Waals surface area contributed by atoms with Crippen molar-refractivity contribution in [1.82, 2.24) is 9.88 Å². The van der Waals surface area contributed by atoms with Crippen LogP contribution in [0.15, 0.2) is 54.7 Å². The molecule has 0 N–H and O–H groups in total. The Labute approximate surface area is 247 Å². The Morgan fingerprint density at radius 3 is 2.33 bits per heavy atom. The van der Waals surface area contributed by atoms with Crippen LogP contribution in [-0.2, 0) is 11.3 Å². The van der Waals surface area contributed by atoms with Crippen LogP contribution < -0.4 is 9.47 Å². The lowest BCUT2D eigenvalue weighted by Crippen LogP contribution is -2.36. The summed E-state index contributed by atoms with van der Waals surface area (Å²) < 4.78 is 41.5. The Hall–Kier alpha value is -3.65. The summed E-state index contributed by atoms with van der Waals surface area (Å²) >= 11 is 0. The molecule has 1 fully saturated rings. The molecule has 1 aliphatic rings. The normalized spacial score (nSPS) is 15.5. The fourth-order valence-corrected chi connectivity index (χ4v) is 5.62. The van der Waals surface area contributed by atoms with Gasteiger partial charge in [0.15, 0.2) is 11.5 Å². The van der Waals surface area contributed by atoms with E-state index in [9.17, 15) is 14.0 Å². The van der Waals surface area contributed by atoms with Crippen LogP contribution in [0.25, 0.3) is 11.1 Å². The topological polar surface area (TPSA) is 68.7 Å². The highest BCUT2D eigenvalue weighted by molar-refractivity contribution is 5.92. The number of methoxy groups -OCH3 is 1. The number of ketones is 1. The van der Waals surface area contributed by atoms with Crippen molar-refractivity contribution in [3.8, 4) is 22.8 Å². The molecule has 42 heavy (non-hydrogen) atoms. The minimum atomic E-state index is -2.02. The minimum absolute atomic E-state index is 0.0713. The number of rotatable bonds is 12. The molecular formula is C34H40F2N2O4. The summed E-state index contributed by atoms with van der Waals surface area (Å²) in [4.78, 5) is 31.7. The number of esters is 1. The molecule has 1 heterocycles. The Kier molecular flexibility index (Phi) is 9.46. The molecule has 224 valence electrons. The first-order valence-corrected chi connectivity index (χ1v) is 14.4. The van der Waals surface area contributed by atoms with Crippen molar-refractivity contribution >= 4 is 11.8 Å². The number of carbonyl (C=O) groups is 2. The van der Waals surface area contributed by atoms with Gasteiger partial charge in [0.2, 0.25) is 5.88 Å². The Bertz CT molecular complexity index is 1440. The second kappa shape index (κ2) is 12.7. The van der Waals surface area contributed by atoms with E-state index in [1.54, 1.807) is 48.5 Å². The summed E-state index contributed by atoms with van der Waals surface area (Å²) in [5, 5.41) is 0. The third kappa shape index (κ3) is 6.86. The summed E-state index contributed by atoms with van der Waals surface area (Å²) in [7, 11) is 1.47. The van der Waals surface area contributed by atoms with E-state index in [0.29, 0.717) is 28.8 Å². The third-order valence-electron chi connectivity index (χ3n) is 8.14. The van der Waals surface area contributed by atoms with E-state index in [1.807, 2.05) is 0 Å². The highest BCUT2D eigenvalue weighted by Crippen LogP contribution is 2.50. The average Bonchev–Trinajstić information content (AvgIpc) is 3.76. The van der Waals surface area contributed by atoms with Crippen molar-refractivity contribution in [2.24, 2.45) is 5.92 Å². The number of hydrogen-bond acceptors (Lipinski definition) is 6. The molecule has 0 bridgehead atoms. The maximum absolute atomic E-state index is 15.5. The van der Waals surface area contributed by atoms with Crippen LogP contribution in [0.5, 0.6) is 11.6 Å². The van der Waals surface area contributed by atoms with Crippen LogP contribution in [0.1, 0.15) is 81.8 Å². The van der Waals surface area contributed by atoms with E-state index in [1.165, 1.54) is 21.0 Å². The quantitative estimate of drug-likeness (QED) is 0.163. The lowest BCUT2D eigenvalue weighted by molar-refractivity contribution is -0.129. The third-order valence-corrected chi connectivity index (χ3v) is 8.14. The predicted molar refractivity (Wildman–Crippen MR) is 159 cm³/mol. The molecule has 2 atom stereocenters. The van der Waals surface area contributed by atoms with E-state index in [4.69, 9.17) is 9.47 Å². The van der Waals surface area contributed by atoms with Gasteiger partial charge in [-0.15, -0.1) is 0 Å². The maximum atomic E-state index is 15.5. The molecule has 0 unspecified atom stereocenters. The summed E-state index contributed by atoms with van der Waals surface area (Å²) in [5.74, 6) is -1.60. The minimum Gasteiger partial charge on any atom is -0.481 e. The standard InChI is InChI=1S/C34H40F2N2O4/c1-20(2)38(21(3)4)19-26-15-25(13-14-28(26)29-17-31(41-7)37-18-30(29)35)33(40)42-27-10-8-9-24(16-27)32(23-11-12-23)34(6,36)22(5)39/h8-10,13-18,20-21,23,32H,11-12,19H2,1-7H3/t32-,34-/m0/s1. The first-order valence-electron chi connectivity index (χ1n) is 14.4. The zero-order valence-electron chi connectivity index (χ0n) is 25.4. The van der Waals surface area contributed by atoms with E-state index in [-0.39, 0.29) is 29.6 Å². The number of Topliss-reactive ketones (excluding diaryl/α,β-unsaturated/α-hetero) is 1. The Morgan fingerprint density at radius 2 is 1.74 bits per heavy atom. The first-order chi connectivity index (χ1) is 19.8. The van der Waals surface area contributed by atoms with Gasteiger partial charge in [-0.2, -0.15) is 0 Å². The number of halogens is 2. The molecule has 1 aromatic heterocycles. The first kappa shape index (κ1) is 31.3. The van der Waals surface area contributed by atoms with E-state index < -0.39 is 29.2 Å². The van der Waals surface area contributed by atoms with Gasteiger partial charge in [-0.3, -0.25) is 9.69 Å². The number of aromatic nitrogens is 1. The molecule has 0 radical (unpaired) electrons. The number of carbonyl (C=O) groups excluding carboxylic acids is 2. The molecule has 0 aliphatic heterocycles. The zero-order chi connectivity index (χ0) is 30.8. The molecule has 1 saturated carbocycles. The monoisotopic (exact) mass is 578 g/mol. The van der Waals surface area contributed by atoms with Crippen LogP contribution in [0.3, 0.4) is 0 Å². The summed E-state index contributed by atoms with van der Waals surface area (Å²) in [6.45, 7) is 11.4. The van der Waals surface area contributed by atoms with Crippen LogP contribution in [0.2, 0.25) is 0 Å². The van der Waals surface area contributed by atoms with Gasteiger partial charge in [-0.25, -0.2) is 18.6 Å². The number of ether oxygens (including phenoxy) is 2. The molecule has 0 amide bonds. The van der Waals surface area contributed by atoms with Gasteiger partial charge in [-0.1, -0.05) is 18.2 Å². The molecule has 4 rings (SSSR count). The fourth-order valence-electron chi connectivity index (χ4n) is 5.62. The largest absolute Gasteiger partial charge is 0.481 e. The van der Waals surface area contributed by atoms with Crippen molar-refractivity contribution in [2.45, 2.75) is 84.6 Å². The second-order valence-electron chi connectivity index (χ2n) is 11.8. The van der Waals surface area contributed by atoms with Gasteiger partial charge >= 0.3 is 5.97 Å². The van der Waals surface area contributed by atoms with Crippen molar-refractivity contribution in [3.63, 3.8) is 0 Å². The number of nitrogens with zero attached hydrogens (tertiary/aromatic N) is 2. The van der Waals surface area contributed by atoms with Gasteiger partial charge in [0.25, 0.3) is 0 Å². The molecule has 1 aliphatic carbocycles. The fraction of sp³-hybridized carbons (Fsp3) is 0.441. The molecule has 8 heteroatoms. The molecule has 2 aromatic carbocycles. The number of hydrogen-bond donors (Lipinski definition) is 0. The van der Waals surface area contributed by atoms with E-state index >= 15 is 4.39 Å². The van der Waals surface area contributed by atoms with Crippen LogP contribution >= 0.6 is 0 Å². The van der Waals surface area contributed by atoms with Gasteiger partial charge in [0, 0.05) is 36.2 Å². The summed E-state index contributed by atoms with van der Waals surface area (Å²) in [5.41, 5.74) is 0.602. The summed E-state index contributed by atoms with van der Waals surface area (Å²) in [6.07, 6.45) is 2.83. The van der Waals surface area contributed by atoms with E-state index in [0.717, 1.165) is 24.6 Å². The smallest absolute Gasteiger partial charge is 0.343 e. The van der Waals surface area contributed by atoms with Crippen LogP contribution in [0, 0.1) is 11.7 Å². The SMILES string of the molecule is COc1cc(-c2ccc(C(=O)Oc3cccc([C@H](C4CC4)[C@@](C)(F)C(C)=O)c3)cc2CN(C(C)C)C(C)C)c(F)cn1. The second-order valence-corrected chi connectivity index (χ2v) is 11.8. The van der Waals surface area contributed by atoms with Gasteiger partial charge in [0.1, 0.15) is 11.6 Å². The van der Waals surface area contributed by atoms with Crippen molar-refractivity contribution < 1.29 is 27.8 Å². The van der Waals surface area contributed by atoms with Gasteiger partial charge in [-0.05, 0) is 101 Å². The van der Waals surface area contributed by atoms with Crippen LogP contribution in [-0.4, -0.2) is 46.5 Å². The molecular weight excluding hydrogens is 538 g/mol. The average molecular weight is 579 g/mol. The van der Waals surface area contributed by atoms with Crippen molar-refractivity contribution in [2.75, 3.05) is 7.11 Å². The highest BCUT2D eigenvalue weighted by atomic mass is 19.1. The van der Waals surface area contributed by atoms with Crippen molar-refractivity contribution in [3.05, 3.63) is 77.2 Å². The van der Waals surface area contributed by atoms with Crippen LogP contribution in [0.4, 0.5) is 8.78 Å². The summed E-state index contributed by atoms with van der Waals surface area (Å²) in [6, 6.07) is 13.8. The maximum Gasteiger partial charge on any atom is 0.343 e. The predicted octanol–water partition coefficient (Wildman–Crippen LogP) is 7.55.